The highest BCUT2D eigenvalue weighted by molar-refractivity contribution is 5.90. The fraction of sp³-hybridized carbons (Fsp3) is 0.579. The van der Waals surface area contributed by atoms with Crippen LogP contribution >= 0.6 is 0 Å². The predicted molar refractivity (Wildman–Crippen MR) is 90.1 cm³/mol. The zero-order valence-electron chi connectivity index (χ0n) is 14.3. The van der Waals surface area contributed by atoms with Gasteiger partial charge in [0, 0.05) is 13.0 Å². The van der Waals surface area contributed by atoms with Gasteiger partial charge in [0.1, 0.15) is 11.3 Å². The third kappa shape index (κ3) is 2.87. The average Bonchev–Trinajstić information content (AvgIpc) is 3.41. The maximum atomic E-state index is 12.9. The molecule has 2 saturated carbocycles. The van der Waals surface area contributed by atoms with Crippen LogP contribution in [0.2, 0.25) is 0 Å². The summed E-state index contributed by atoms with van der Waals surface area (Å²) in [6.45, 7) is 0. The molecule has 0 radical (unpaired) electrons. The van der Waals surface area contributed by atoms with Gasteiger partial charge >= 0.3 is 5.97 Å². The van der Waals surface area contributed by atoms with Crippen molar-refractivity contribution < 1.29 is 19.4 Å². The van der Waals surface area contributed by atoms with Gasteiger partial charge < -0.3 is 14.7 Å². The number of rotatable bonds is 5. The summed E-state index contributed by atoms with van der Waals surface area (Å²) in [6.07, 6.45) is 4.68. The number of hydrogen-bond donors (Lipinski definition) is 1. The standard InChI is InChI=1S/C19H25NO4/c1-20(19(18(22)23)9-4-3-5-10-19)17(21)16-12-15(16)13-7-6-8-14(11-13)24-2/h6-8,11,15-16H,3-5,9-10,12H2,1-2H3,(H,22,23). The molecule has 130 valence electrons. The molecule has 1 aromatic carbocycles. The van der Waals surface area contributed by atoms with E-state index in [1.54, 1.807) is 14.2 Å². The van der Waals surface area contributed by atoms with Gasteiger partial charge in [-0.2, -0.15) is 0 Å². The van der Waals surface area contributed by atoms with Crippen molar-refractivity contribution in [3.63, 3.8) is 0 Å². The first kappa shape index (κ1) is 16.8. The lowest BCUT2D eigenvalue weighted by atomic mass is 9.80. The summed E-state index contributed by atoms with van der Waals surface area (Å²) >= 11 is 0. The average molecular weight is 331 g/mol. The smallest absolute Gasteiger partial charge is 0.329 e. The summed E-state index contributed by atoms with van der Waals surface area (Å²) in [5.41, 5.74) is 0.0748. The third-order valence-corrected chi connectivity index (χ3v) is 5.68. The topological polar surface area (TPSA) is 66.8 Å². The molecule has 24 heavy (non-hydrogen) atoms. The Morgan fingerprint density at radius 3 is 2.58 bits per heavy atom. The molecule has 2 atom stereocenters. The summed E-state index contributed by atoms with van der Waals surface area (Å²) < 4.78 is 5.25. The first-order valence-corrected chi connectivity index (χ1v) is 8.64. The largest absolute Gasteiger partial charge is 0.497 e. The van der Waals surface area contributed by atoms with E-state index in [0.717, 1.165) is 37.0 Å². The number of nitrogens with zero attached hydrogens (tertiary/aromatic N) is 1. The van der Waals surface area contributed by atoms with Crippen LogP contribution in [0, 0.1) is 5.92 Å². The molecule has 2 fully saturated rings. The van der Waals surface area contributed by atoms with Crippen LogP contribution in [0.1, 0.15) is 50.0 Å². The zero-order chi connectivity index (χ0) is 17.3. The Balaban J connectivity index is 1.73. The molecule has 5 nitrogen and oxygen atoms in total. The number of aliphatic carboxylic acids is 1. The van der Waals surface area contributed by atoms with Crippen molar-refractivity contribution in [1.82, 2.24) is 4.90 Å². The van der Waals surface area contributed by atoms with Crippen molar-refractivity contribution in [1.29, 1.82) is 0 Å². The van der Waals surface area contributed by atoms with Crippen LogP contribution in [0.3, 0.4) is 0 Å². The highest BCUT2D eigenvalue weighted by Crippen LogP contribution is 2.50. The zero-order valence-corrected chi connectivity index (χ0v) is 14.3. The second-order valence-corrected chi connectivity index (χ2v) is 7.02. The summed E-state index contributed by atoms with van der Waals surface area (Å²) in [5, 5.41) is 9.75. The number of carboxylic acids is 1. The predicted octanol–water partition coefficient (Wildman–Crippen LogP) is 3.04. The van der Waals surface area contributed by atoms with Crippen molar-refractivity contribution in [2.24, 2.45) is 5.92 Å². The molecule has 2 aliphatic carbocycles. The Bertz CT molecular complexity index is 636. The molecule has 0 bridgehead atoms. The number of hydrogen-bond acceptors (Lipinski definition) is 3. The number of amides is 1. The lowest BCUT2D eigenvalue weighted by molar-refractivity contribution is -0.160. The first-order chi connectivity index (χ1) is 11.5. The van der Waals surface area contributed by atoms with Crippen LogP contribution in [0.25, 0.3) is 0 Å². The molecule has 0 aliphatic heterocycles. The molecule has 0 saturated heterocycles. The van der Waals surface area contributed by atoms with Crippen molar-refractivity contribution in [3.8, 4) is 5.75 Å². The van der Waals surface area contributed by atoms with Crippen LogP contribution in [-0.2, 0) is 9.59 Å². The molecule has 3 rings (SSSR count). The molecule has 0 aromatic heterocycles. The van der Waals surface area contributed by atoms with E-state index in [-0.39, 0.29) is 17.7 Å². The van der Waals surface area contributed by atoms with Crippen molar-refractivity contribution in [3.05, 3.63) is 29.8 Å². The minimum Gasteiger partial charge on any atom is -0.497 e. The molecular weight excluding hydrogens is 306 g/mol. The third-order valence-electron chi connectivity index (χ3n) is 5.68. The van der Waals surface area contributed by atoms with Gasteiger partial charge in [0.15, 0.2) is 0 Å². The van der Waals surface area contributed by atoms with Crippen LogP contribution in [0.4, 0.5) is 0 Å². The van der Waals surface area contributed by atoms with Gasteiger partial charge in [-0.05, 0) is 42.9 Å². The van der Waals surface area contributed by atoms with Crippen molar-refractivity contribution in [2.45, 2.75) is 50.0 Å². The van der Waals surface area contributed by atoms with Crippen LogP contribution in [-0.4, -0.2) is 41.6 Å². The SMILES string of the molecule is COc1cccc(C2CC2C(=O)N(C)C2(C(=O)O)CCCCC2)c1. The molecule has 0 spiro atoms. The number of carboxylic acid groups (broad SMARTS) is 1. The summed E-state index contributed by atoms with van der Waals surface area (Å²) in [7, 11) is 3.30. The van der Waals surface area contributed by atoms with Gasteiger partial charge in [0.05, 0.1) is 7.11 Å². The van der Waals surface area contributed by atoms with E-state index in [1.165, 1.54) is 4.90 Å². The molecule has 1 aromatic rings. The van der Waals surface area contributed by atoms with E-state index < -0.39 is 11.5 Å². The maximum absolute atomic E-state index is 12.9. The van der Waals surface area contributed by atoms with Crippen LogP contribution in [0.5, 0.6) is 5.75 Å². The molecule has 1 N–H and O–H groups in total. The molecule has 2 unspecified atom stereocenters. The van der Waals surface area contributed by atoms with E-state index in [9.17, 15) is 14.7 Å². The summed E-state index contributed by atoms with van der Waals surface area (Å²) in [4.78, 5) is 26.3. The normalized spacial score (nSPS) is 24.9. The Morgan fingerprint density at radius 2 is 1.96 bits per heavy atom. The second kappa shape index (κ2) is 6.46. The molecule has 2 aliphatic rings. The summed E-state index contributed by atoms with van der Waals surface area (Å²) in [6, 6.07) is 7.79. The number of benzene rings is 1. The number of methoxy groups -OCH3 is 1. The van der Waals surface area contributed by atoms with Crippen LogP contribution < -0.4 is 4.74 Å². The van der Waals surface area contributed by atoms with E-state index in [0.29, 0.717) is 12.8 Å². The van der Waals surface area contributed by atoms with Crippen molar-refractivity contribution >= 4 is 11.9 Å². The first-order valence-electron chi connectivity index (χ1n) is 8.64. The molecule has 1 amide bonds. The number of ether oxygens (including phenoxy) is 1. The van der Waals surface area contributed by atoms with Gasteiger partial charge in [-0.25, -0.2) is 4.79 Å². The number of carbonyl (C=O) groups is 2. The minimum absolute atomic E-state index is 0.0351. The van der Waals surface area contributed by atoms with E-state index >= 15 is 0 Å². The highest BCUT2D eigenvalue weighted by Gasteiger charge is 2.52. The van der Waals surface area contributed by atoms with Gasteiger partial charge in [-0.1, -0.05) is 31.4 Å². The Hall–Kier alpha value is -2.04. The fourth-order valence-electron chi connectivity index (χ4n) is 4.00. The Kier molecular flexibility index (Phi) is 4.52. The molecule has 0 heterocycles. The molecule has 5 heteroatoms. The van der Waals surface area contributed by atoms with Gasteiger partial charge in [0.2, 0.25) is 5.91 Å². The van der Waals surface area contributed by atoms with E-state index in [4.69, 9.17) is 4.74 Å². The second-order valence-electron chi connectivity index (χ2n) is 7.02. The van der Waals surface area contributed by atoms with Gasteiger partial charge in [-0.3, -0.25) is 4.79 Å². The minimum atomic E-state index is -1.02. The molecular formula is C19H25NO4. The lowest BCUT2D eigenvalue weighted by Gasteiger charge is -2.41. The maximum Gasteiger partial charge on any atom is 0.329 e. The van der Waals surface area contributed by atoms with Crippen molar-refractivity contribution in [2.75, 3.05) is 14.2 Å². The fourth-order valence-corrected chi connectivity index (χ4v) is 4.00. The van der Waals surface area contributed by atoms with Gasteiger partial charge in [0.25, 0.3) is 0 Å². The lowest BCUT2D eigenvalue weighted by Crippen LogP contribution is -2.56. The number of likely N-dealkylation sites (N-methyl/N-ethyl adjacent to an activating group) is 1. The van der Waals surface area contributed by atoms with Crippen LogP contribution in [0.15, 0.2) is 24.3 Å². The monoisotopic (exact) mass is 331 g/mol. The van der Waals surface area contributed by atoms with E-state index in [2.05, 4.69) is 0 Å². The Labute approximate surface area is 142 Å². The number of carbonyl (C=O) groups excluding carboxylic acids is 1. The van der Waals surface area contributed by atoms with E-state index in [1.807, 2.05) is 24.3 Å². The Morgan fingerprint density at radius 1 is 1.25 bits per heavy atom. The summed E-state index contributed by atoms with van der Waals surface area (Å²) in [5.74, 6) is -0.0540. The van der Waals surface area contributed by atoms with Gasteiger partial charge in [-0.15, -0.1) is 0 Å². The quantitative estimate of drug-likeness (QED) is 0.900. The highest BCUT2D eigenvalue weighted by atomic mass is 16.5.